The molecule has 1 atom stereocenters. The van der Waals surface area contributed by atoms with Crippen LogP contribution in [0.3, 0.4) is 0 Å². The third-order valence-corrected chi connectivity index (χ3v) is 2.29. The molecule has 1 nitrogen and oxygen atoms in total. The molecule has 0 aromatic heterocycles. The molecule has 0 aliphatic rings. The van der Waals surface area contributed by atoms with Gasteiger partial charge in [0.05, 0.1) is 0 Å². The van der Waals surface area contributed by atoms with Gasteiger partial charge in [0.25, 0.3) is 0 Å². The number of alkyl halides is 3. The zero-order chi connectivity index (χ0) is 11.6. The van der Waals surface area contributed by atoms with E-state index in [0.717, 1.165) is 5.56 Å². The summed E-state index contributed by atoms with van der Waals surface area (Å²) in [6, 6.07) is 4.44. The van der Waals surface area contributed by atoms with Crippen molar-refractivity contribution in [1.82, 2.24) is 0 Å². The number of nitrogens with two attached hydrogens (primary N) is 1. The minimum Gasteiger partial charge on any atom is -0.316 e. The lowest BCUT2D eigenvalue weighted by molar-refractivity contribution is -0.149. The van der Waals surface area contributed by atoms with Crippen LogP contribution in [-0.4, -0.2) is 6.18 Å². The molecule has 0 radical (unpaired) electrons. The fraction of sp³-hybridized carbons (Fsp3) is 0.455. The molecule has 0 saturated heterocycles. The number of halogens is 3. The van der Waals surface area contributed by atoms with E-state index in [-0.39, 0.29) is 11.5 Å². The molecule has 0 heterocycles. The zero-order valence-electron chi connectivity index (χ0n) is 8.68. The maximum Gasteiger partial charge on any atom is 0.407 e. The Morgan fingerprint density at radius 3 is 2.13 bits per heavy atom. The lowest BCUT2D eigenvalue weighted by Gasteiger charge is -2.17. The molecule has 0 amide bonds. The van der Waals surface area contributed by atoms with Crippen molar-refractivity contribution in [2.75, 3.05) is 0 Å². The fourth-order valence-electron chi connectivity index (χ4n) is 1.30. The van der Waals surface area contributed by atoms with Gasteiger partial charge in [0.2, 0.25) is 0 Å². The highest BCUT2D eigenvalue weighted by molar-refractivity contribution is 5.28. The summed E-state index contributed by atoms with van der Waals surface area (Å²) in [5, 5.41) is 0. The molecule has 0 aliphatic heterocycles. The molecule has 84 valence electrons. The second-order valence-electron chi connectivity index (χ2n) is 3.84. The Labute approximate surface area is 87.1 Å². The third-order valence-electron chi connectivity index (χ3n) is 2.29. The van der Waals surface area contributed by atoms with Crippen LogP contribution in [0.4, 0.5) is 13.2 Å². The van der Waals surface area contributed by atoms with Crippen LogP contribution in [0.1, 0.15) is 36.9 Å². The van der Waals surface area contributed by atoms with Crippen LogP contribution in [0, 0.1) is 0 Å². The molecule has 0 aliphatic carbocycles. The van der Waals surface area contributed by atoms with Crippen LogP contribution in [-0.2, 0) is 0 Å². The Kier molecular flexibility index (Phi) is 3.39. The molecule has 4 heteroatoms. The highest BCUT2D eigenvalue weighted by Crippen LogP contribution is 2.31. The first-order valence-corrected chi connectivity index (χ1v) is 4.74. The Morgan fingerprint density at radius 1 is 1.13 bits per heavy atom. The van der Waals surface area contributed by atoms with Gasteiger partial charge in [0, 0.05) is 0 Å². The van der Waals surface area contributed by atoms with E-state index < -0.39 is 12.2 Å². The SMILES string of the molecule is CC(C)c1cccc(C(N)C(F)(F)F)c1. The van der Waals surface area contributed by atoms with E-state index in [9.17, 15) is 13.2 Å². The van der Waals surface area contributed by atoms with Crippen molar-refractivity contribution < 1.29 is 13.2 Å². The van der Waals surface area contributed by atoms with Crippen LogP contribution >= 0.6 is 0 Å². The Balaban J connectivity index is 3.00. The van der Waals surface area contributed by atoms with Crippen molar-refractivity contribution in [2.24, 2.45) is 5.73 Å². The van der Waals surface area contributed by atoms with Gasteiger partial charge in [-0.1, -0.05) is 38.1 Å². The Hall–Kier alpha value is -1.03. The smallest absolute Gasteiger partial charge is 0.316 e. The maximum atomic E-state index is 12.3. The summed E-state index contributed by atoms with van der Waals surface area (Å²) in [5.74, 6) is 0.199. The van der Waals surface area contributed by atoms with Crippen LogP contribution in [0.25, 0.3) is 0 Å². The molecule has 1 rings (SSSR count). The van der Waals surface area contributed by atoms with Crippen molar-refractivity contribution in [3.63, 3.8) is 0 Å². The maximum absolute atomic E-state index is 12.3. The highest BCUT2D eigenvalue weighted by atomic mass is 19.4. The van der Waals surface area contributed by atoms with Gasteiger partial charge in [-0.05, 0) is 17.0 Å². The number of hydrogen-bond donors (Lipinski definition) is 1. The molecular formula is C11H14F3N. The minimum absolute atomic E-state index is 0.119. The molecule has 1 unspecified atom stereocenters. The first-order valence-electron chi connectivity index (χ1n) is 4.74. The summed E-state index contributed by atoms with van der Waals surface area (Å²) in [6.07, 6.45) is -4.38. The normalized spacial score (nSPS) is 14.3. The van der Waals surface area contributed by atoms with Gasteiger partial charge in [0.1, 0.15) is 6.04 Å². The van der Waals surface area contributed by atoms with Gasteiger partial charge in [-0.2, -0.15) is 13.2 Å². The number of rotatable bonds is 2. The van der Waals surface area contributed by atoms with Crippen molar-refractivity contribution in [2.45, 2.75) is 32.0 Å². The first kappa shape index (κ1) is 12.0. The van der Waals surface area contributed by atoms with Crippen LogP contribution < -0.4 is 5.73 Å². The number of benzene rings is 1. The molecule has 1 aromatic carbocycles. The van der Waals surface area contributed by atoms with Crippen molar-refractivity contribution in [3.8, 4) is 0 Å². The molecular weight excluding hydrogens is 203 g/mol. The number of hydrogen-bond acceptors (Lipinski definition) is 1. The Bertz CT molecular complexity index is 331. The molecule has 15 heavy (non-hydrogen) atoms. The second-order valence-corrected chi connectivity index (χ2v) is 3.84. The Morgan fingerprint density at radius 2 is 1.67 bits per heavy atom. The lowest BCUT2D eigenvalue weighted by atomic mass is 9.98. The highest BCUT2D eigenvalue weighted by Gasteiger charge is 2.37. The van der Waals surface area contributed by atoms with Crippen LogP contribution in [0.2, 0.25) is 0 Å². The van der Waals surface area contributed by atoms with Gasteiger partial charge >= 0.3 is 6.18 Å². The molecule has 2 N–H and O–H groups in total. The van der Waals surface area contributed by atoms with E-state index in [1.54, 1.807) is 12.1 Å². The van der Waals surface area contributed by atoms with Crippen LogP contribution in [0.5, 0.6) is 0 Å². The van der Waals surface area contributed by atoms with Gasteiger partial charge in [-0.25, -0.2) is 0 Å². The average Bonchev–Trinajstić information content (AvgIpc) is 2.15. The molecule has 0 saturated carbocycles. The second kappa shape index (κ2) is 4.23. The molecule has 1 aromatic rings. The van der Waals surface area contributed by atoms with Gasteiger partial charge < -0.3 is 5.73 Å². The average molecular weight is 217 g/mol. The standard InChI is InChI=1S/C11H14F3N/c1-7(2)8-4-3-5-9(6-8)10(15)11(12,13)14/h3-7,10H,15H2,1-2H3. The summed E-state index contributed by atoms with van der Waals surface area (Å²) in [4.78, 5) is 0. The molecule has 0 bridgehead atoms. The van der Waals surface area contributed by atoms with E-state index in [1.165, 1.54) is 12.1 Å². The fourth-order valence-corrected chi connectivity index (χ4v) is 1.30. The van der Waals surface area contributed by atoms with Gasteiger partial charge in [-0.15, -0.1) is 0 Å². The van der Waals surface area contributed by atoms with E-state index in [0.29, 0.717) is 0 Å². The van der Waals surface area contributed by atoms with Crippen LogP contribution in [0.15, 0.2) is 24.3 Å². The minimum atomic E-state index is -4.38. The summed E-state index contributed by atoms with van der Waals surface area (Å²) in [7, 11) is 0. The quantitative estimate of drug-likeness (QED) is 0.807. The third kappa shape index (κ3) is 2.96. The van der Waals surface area contributed by atoms with E-state index in [2.05, 4.69) is 0 Å². The van der Waals surface area contributed by atoms with Crippen molar-refractivity contribution in [1.29, 1.82) is 0 Å². The summed E-state index contributed by atoms with van der Waals surface area (Å²) in [6.45, 7) is 3.86. The van der Waals surface area contributed by atoms with Gasteiger partial charge in [-0.3, -0.25) is 0 Å². The predicted octanol–water partition coefficient (Wildman–Crippen LogP) is 3.37. The van der Waals surface area contributed by atoms with Crippen molar-refractivity contribution >= 4 is 0 Å². The zero-order valence-corrected chi connectivity index (χ0v) is 8.68. The first-order chi connectivity index (χ1) is 6.82. The van der Waals surface area contributed by atoms with Crippen molar-refractivity contribution in [3.05, 3.63) is 35.4 Å². The molecule has 0 spiro atoms. The summed E-state index contributed by atoms with van der Waals surface area (Å²) in [5.41, 5.74) is 6.10. The van der Waals surface area contributed by atoms with E-state index in [4.69, 9.17) is 5.73 Å². The monoisotopic (exact) mass is 217 g/mol. The predicted molar refractivity (Wildman–Crippen MR) is 53.5 cm³/mol. The lowest BCUT2D eigenvalue weighted by Crippen LogP contribution is -2.28. The van der Waals surface area contributed by atoms with Gasteiger partial charge in [0.15, 0.2) is 0 Å². The topological polar surface area (TPSA) is 26.0 Å². The molecule has 0 fully saturated rings. The van der Waals surface area contributed by atoms with E-state index >= 15 is 0 Å². The summed E-state index contributed by atoms with van der Waals surface area (Å²) < 4.78 is 37.0. The van der Waals surface area contributed by atoms with E-state index in [1.807, 2.05) is 13.8 Å². The summed E-state index contributed by atoms with van der Waals surface area (Å²) >= 11 is 0. The largest absolute Gasteiger partial charge is 0.407 e.